The number of ether oxygens (including phenoxy) is 1. The lowest BCUT2D eigenvalue weighted by atomic mass is 9.50. The van der Waals surface area contributed by atoms with Crippen molar-refractivity contribution >= 4 is 5.97 Å². The van der Waals surface area contributed by atoms with Gasteiger partial charge in [0.2, 0.25) is 0 Å². The van der Waals surface area contributed by atoms with Crippen LogP contribution in [0.3, 0.4) is 0 Å². The van der Waals surface area contributed by atoms with E-state index in [4.69, 9.17) is 4.74 Å². The Kier molecular flexibility index (Phi) is 4.49. The molecule has 0 saturated heterocycles. The molecule has 0 spiro atoms. The fourth-order valence-electron chi connectivity index (χ4n) is 5.53. The van der Waals surface area contributed by atoms with Gasteiger partial charge >= 0.3 is 5.97 Å². The van der Waals surface area contributed by atoms with Crippen molar-refractivity contribution in [2.45, 2.75) is 58.0 Å². The monoisotopic (exact) mass is 364 g/mol. The standard InChI is InChI=1S/C24H28O3/c1-23-13-6-14-24(2,22(25)26)21(23)12-10-18-9-11-19(15-20(18)23)27-16-17-7-4-3-5-8-17/h3-5,7-9,11,15,21H,6,10,12-14,16H2,1-2H3,(H,25,26)/t21-,23+,24+/m1/s1. The smallest absolute Gasteiger partial charge is 0.309 e. The highest BCUT2D eigenvalue weighted by Gasteiger charge is 2.55. The molecular weight excluding hydrogens is 336 g/mol. The van der Waals surface area contributed by atoms with Gasteiger partial charge in [-0.15, -0.1) is 0 Å². The van der Waals surface area contributed by atoms with Crippen molar-refractivity contribution in [2.75, 3.05) is 0 Å². The lowest BCUT2D eigenvalue weighted by Gasteiger charge is -2.53. The maximum atomic E-state index is 12.1. The maximum absolute atomic E-state index is 12.1. The van der Waals surface area contributed by atoms with Gasteiger partial charge in [-0.25, -0.2) is 0 Å². The zero-order valence-electron chi connectivity index (χ0n) is 16.2. The molecule has 2 aliphatic rings. The number of benzene rings is 2. The Morgan fingerprint density at radius 1 is 1.15 bits per heavy atom. The van der Waals surface area contributed by atoms with Gasteiger partial charge in [-0.1, -0.05) is 49.7 Å². The number of carboxylic acids is 1. The molecule has 3 nitrogen and oxygen atoms in total. The fourth-order valence-corrected chi connectivity index (χ4v) is 5.53. The van der Waals surface area contributed by atoms with Crippen molar-refractivity contribution in [3.8, 4) is 5.75 Å². The highest BCUT2D eigenvalue weighted by molar-refractivity contribution is 5.75. The Bertz CT molecular complexity index is 844. The van der Waals surface area contributed by atoms with Gasteiger partial charge in [-0.2, -0.15) is 0 Å². The van der Waals surface area contributed by atoms with Crippen molar-refractivity contribution in [3.63, 3.8) is 0 Å². The summed E-state index contributed by atoms with van der Waals surface area (Å²) in [6.45, 7) is 4.78. The Hall–Kier alpha value is -2.29. The highest BCUT2D eigenvalue weighted by Crippen LogP contribution is 2.57. The lowest BCUT2D eigenvalue weighted by Crippen LogP contribution is -2.52. The molecule has 2 aromatic rings. The zero-order chi connectivity index (χ0) is 19.1. The second kappa shape index (κ2) is 6.70. The molecule has 2 aliphatic carbocycles. The molecule has 3 heteroatoms. The number of carboxylic acid groups (broad SMARTS) is 1. The minimum Gasteiger partial charge on any atom is -0.489 e. The van der Waals surface area contributed by atoms with Crippen molar-refractivity contribution in [2.24, 2.45) is 11.3 Å². The Balaban J connectivity index is 1.64. The first-order valence-corrected chi connectivity index (χ1v) is 9.97. The van der Waals surface area contributed by atoms with Crippen LogP contribution in [0.15, 0.2) is 48.5 Å². The third-order valence-electron chi connectivity index (χ3n) is 7.07. The van der Waals surface area contributed by atoms with Crippen molar-refractivity contribution in [1.29, 1.82) is 0 Å². The molecule has 2 aromatic carbocycles. The van der Waals surface area contributed by atoms with E-state index in [9.17, 15) is 9.90 Å². The van der Waals surface area contributed by atoms with E-state index in [2.05, 4.69) is 37.3 Å². The van der Waals surface area contributed by atoms with Crippen LogP contribution in [0.5, 0.6) is 5.75 Å². The van der Waals surface area contributed by atoms with Gasteiger partial charge in [-0.3, -0.25) is 4.79 Å². The van der Waals surface area contributed by atoms with Gasteiger partial charge in [0, 0.05) is 0 Å². The van der Waals surface area contributed by atoms with Gasteiger partial charge < -0.3 is 9.84 Å². The molecular formula is C24H28O3. The van der Waals surface area contributed by atoms with E-state index >= 15 is 0 Å². The van der Waals surface area contributed by atoms with Crippen LogP contribution in [-0.2, 0) is 23.2 Å². The summed E-state index contributed by atoms with van der Waals surface area (Å²) in [6, 6.07) is 16.6. The second-order valence-corrected chi connectivity index (χ2v) is 8.68. The fraction of sp³-hybridized carbons (Fsp3) is 0.458. The van der Waals surface area contributed by atoms with Crippen LogP contribution < -0.4 is 4.74 Å². The number of aliphatic carboxylic acids is 1. The minimum atomic E-state index is -0.640. The van der Waals surface area contributed by atoms with Crippen LogP contribution in [-0.4, -0.2) is 11.1 Å². The normalized spacial score (nSPS) is 29.5. The summed E-state index contributed by atoms with van der Waals surface area (Å²) in [6.07, 6.45) is 4.70. The summed E-state index contributed by atoms with van der Waals surface area (Å²) >= 11 is 0. The molecule has 27 heavy (non-hydrogen) atoms. The van der Waals surface area contributed by atoms with E-state index in [-0.39, 0.29) is 11.3 Å². The average Bonchev–Trinajstić information content (AvgIpc) is 2.67. The van der Waals surface area contributed by atoms with Gasteiger partial charge in [0.15, 0.2) is 0 Å². The summed E-state index contributed by atoms with van der Waals surface area (Å²) in [7, 11) is 0. The number of carbonyl (C=O) groups is 1. The van der Waals surface area contributed by atoms with Crippen LogP contribution in [0.2, 0.25) is 0 Å². The molecule has 0 unspecified atom stereocenters. The first-order chi connectivity index (χ1) is 12.9. The number of aryl methyl sites for hydroxylation is 1. The minimum absolute atomic E-state index is 0.0922. The van der Waals surface area contributed by atoms with Gasteiger partial charge in [0.05, 0.1) is 5.41 Å². The highest BCUT2D eigenvalue weighted by atomic mass is 16.5. The van der Waals surface area contributed by atoms with Gasteiger partial charge in [-0.05, 0) is 72.8 Å². The molecule has 0 radical (unpaired) electrons. The molecule has 0 aromatic heterocycles. The zero-order valence-corrected chi connectivity index (χ0v) is 16.2. The van der Waals surface area contributed by atoms with E-state index in [1.165, 1.54) is 11.1 Å². The Morgan fingerprint density at radius 3 is 2.67 bits per heavy atom. The van der Waals surface area contributed by atoms with Crippen molar-refractivity contribution in [3.05, 3.63) is 65.2 Å². The Labute approximate surface area is 161 Å². The van der Waals surface area contributed by atoms with E-state index in [1.54, 1.807) is 0 Å². The number of fused-ring (bicyclic) bond motifs is 3. The van der Waals surface area contributed by atoms with Gasteiger partial charge in [0.25, 0.3) is 0 Å². The molecule has 1 saturated carbocycles. The molecule has 3 atom stereocenters. The average molecular weight is 364 g/mol. The molecule has 1 fully saturated rings. The number of hydrogen-bond acceptors (Lipinski definition) is 2. The van der Waals surface area contributed by atoms with Crippen LogP contribution in [0.4, 0.5) is 0 Å². The predicted octanol–water partition coefficient (Wildman–Crippen LogP) is 5.36. The van der Waals surface area contributed by atoms with E-state index in [0.717, 1.165) is 43.4 Å². The van der Waals surface area contributed by atoms with E-state index in [0.29, 0.717) is 6.61 Å². The van der Waals surface area contributed by atoms with E-state index in [1.807, 2.05) is 25.1 Å². The van der Waals surface area contributed by atoms with Crippen LogP contribution in [0.1, 0.15) is 56.2 Å². The molecule has 1 N–H and O–H groups in total. The first kappa shape index (κ1) is 18.1. The topological polar surface area (TPSA) is 46.5 Å². The summed E-state index contributed by atoms with van der Waals surface area (Å²) in [5.41, 5.74) is 3.08. The third kappa shape index (κ3) is 3.03. The number of hydrogen-bond donors (Lipinski definition) is 1. The van der Waals surface area contributed by atoms with E-state index < -0.39 is 11.4 Å². The van der Waals surface area contributed by atoms with Crippen molar-refractivity contribution < 1.29 is 14.6 Å². The summed E-state index contributed by atoms with van der Waals surface area (Å²) in [4.78, 5) is 12.1. The molecule has 0 bridgehead atoms. The lowest BCUT2D eigenvalue weighted by molar-refractivity contribution is -0.157. The first-order valence-electron chi connectivity index (χ1n) is 9.97. The molecule has 0 amide bonds. The molecule has 0 aliphatic heterocycles. The second-order valence-electron chi connectivity index (χ2n) is 8.68. The third-order valence-corrected chi connectivity index (χ3v) is 7.07. The Morgan fingerprint density at radius 2 is 1.93 bits per heavy atom. The van der Waals surface area contributed by atoms with Crippen LogP contribution in [0.25, 0.3) is 0 Å². The van der Waals surface area contributed by atoms with Crippen LogP contribution in [0, 0.1) is 11.3 Å². The SMILES string of the molecule is C[C@@]12CCC[C@](C)(C(=O)O)[C@@H]1CCc1ccc(OCc3ccccc3)cc12. The van der Waals surface area contributed by atoms with Crippen molar-refractivity contribution in [1.82, 2.24) is 0 Å². The molecule has 0 heterocycles. The summed E-state index contributed by atoms with van der Waals surface area (Å²) < 4.78 is 6.07. The van der Waals surface area contributed by atoms with Gasteiger partial charge in [0.1, 0.15) is 12.4 Å². The quantitative estimate of drug-likeness (QED) is 0.794. The summed E-state index contributed by atoms with van der Waals surface area (Å²) in [5, 5.41) is 9.94. The largest absolute Gasteiger partial charge is 0.489 e. The predicted molar refractivity (Wildman–Crippen MR) is 106 cm³/mol. The molecule has 142 valence electrons. The molecule has 4 rings (SSSR count). The maximum Gasteiger partial charge on any atom is 0.309 e. The summed E-state index contributed by atoms with van der Waals surface area (Å²) in [5.74, 6) is 0.411. The van der Waals surface area contributed by atoms with Crippen LogP contribution >= 0.6 is 0 Å². The number of rotatable bonds is 4.